The first-order chi connectivity index (χ1) is 25.8. The van der Waals surface area contributed by atoms with Gasteiger partial charge in [-0.25, -0.2) is 4.98 Å². The third-order valence-corrected chi connectivity index (χ3v) is 10.0. The first kappa shape index (κ1) is 29.9. The summed E-state index contributed by atoms with van der Waals surface area (Å²) in [5.74, 6) is 0.586. The van der Waals surface area contributed by atoms with Gasteiger partial charge in [-0.15, -0.1) is 0 Å². The van der Waals surface area contributed by atoms with Crippen molar-refractivity contribution in [3.63, 3.8) is 0 Å². The molecule has 0 amide bonds. The van der Waals surface area contributed by atoms with Crippen molar-refractivity contribution >= 4 is 32.9 Å². The van der Waals surface area contributed by atoms with Gasteiger partial charge >= 0.3 is 0 Å². The summed E-state index contributed by atoms with van der Waals surface area (Å²) in [6.07, 6.45) is 0. The lowest BCUT2D eigenvalue weighted by atomic mass is 9.94. The van der Waals surface area contributed by atoms with Crippen LogP contribution in [0.2, 0.25) is 0 Å². The zero-order chi connectivity index (χ0) is 34.4. The van der Waals surface area contributed by atoms with E-state index in [0.717, 1.165) is 61.2 Å². The second kappa shape index (κ2) is 12.4. The molecule has 0 spiro atoms. The molecular weight excluding hydrogens is 633 g/mol. The van der Waals surface area contributed by atoms with Crippen molar-refractivity contribution in [1.82, 2.24) is 9.55 Å². The van der Waals surface area contributed by atoms with E-state index in [4.69, 9.17) is 9.40 Å². The number of hydrogen-bond acceptors (Lipinski definition) is 2. The molecule has 10 aromatic rings. The molecule has 0 fully saturated rings. The van der Waals surface area contributed by atoms with Gasteiger partial charge in [0.15, 0.2) is 5.58 Å². The fraction of sp³-hybridized carbons (Fsp3) is 0. The molecule has 0 atom stereocenters. The maximum Gasteiger partial charge on any atom is 0.229 e. The summed E-state index contributed by atoms with van der Waals surface area (Å²) in [6, 6.07) is 68.5. The van der Waals surface area contributed by atoms with Crippen molar-refractivity contribution in [2.45, 2.75) is 0 Å². The molecule has 0 aliphatic heterocycles. The van der Waals surface area contributed by atoms with Crippen LogP contribution in [-0.2, 0) is 0 Å². The zero-order valence-electron chi connectivity index (χ0n) is 28.3. The molecule has 0 unspecified atom stereocenters. The van der Waals surface area contributed by atoms with E-state index in [1.165, 1.54) is 27.5 Å². The van der Waals surface area contributed by atoms with Gasteiger partial charge in [-0.3, -0.25) is 0 Å². The lowest BCUT2D eigenvalue weighted by Gasteiger charge is -2.11. The summed E-state index contributed by atoms with van der Waals surface area (Å²) < 4.78 is 9.18. The molecule has 52 heavy (non-hydrogen) atoms. The van der Waals surface area contributed by atoms with Crippen LogP contribution in [0.1, 0.15) is 0 Å². The Hall–Kier alpha value is -6.97. The van der Waals surface area contributed by atoms with Gasteiger partial charge in [-0.2, -0.15) is 0 Å². The standard InChI is InChI=1S/C49H32N2O/c1-3-15-33(16-4-1)35-19-13-21-37(29-35)39-31-43(38-22-14-20-36(30-38)34-17-5-2-6-18-34)48-47(32-39)52-49(50-48)42-25-9-12-28-46(42)51-44-26-10-7-23-40(44)41-24-8-11-27-45(41)51/h1-32H. The Morgan fingerprint density at radius 2 is 0.865 bits per heavy atom. The highest BCUT2D eigenvalue weighted by Gasteiger charge is 2.21. The Balaban J connectivity index is 1.19. The average molecular weight is 665 g/mol. The van der Waals surface area contributed by atoms with Crippen LogP contribution in [0.25, 0.3) is 94.6 Å². The van der Waals surface area contributed by atoms with Crippen LogP contribution in [0.5, 0.6) is 0 Å². The Bertz CT molecular complexity index is 2850. The summed E-state index contributed by atoms with van der Waals surface area (Å²) in [5, 5.41) is 2.43. The Kier molecular flexibility index (Phi) is 7.14. The largest absolute Gasteiger partial charge is 0.436 e. The maximum absolute atomic E-state index is 6.85. The molecule has 3 heteroatoms. The number of fused-ring (bicyclic) bond motifs is 4. The first-order valence-electron chi connectivity index (χ1n) is 17.6. The van der Waals surface area contributed by atoms with E-state index >= 15 is 0 Å². The molecule has 244 valence electrons. The van der Waals surface area contributed by atoms with Crippen molar-refractivity contribution in [1.29, 1.82) is 0 Å². The summed E-state index contributed by atoms with van der Waals surface area (Å²) in [6.45, 7) is 0. The Morgan fingerprint density at radius 3 is 1.52 bits per heavy atom. The van der Waals surface area contributed by atoms with Gasteiger partial charge in [0.2, 0.25) is 5.89 Å². The summed E-state index contributed by atoms with van der Waals surface area (Å²) >= 11 is 0. The topological polar surface area (TPSA) is 31.0 Å². The highest BCUT2D eigenvalue weighted by molar-refractivity contribution is 6.09. The van der Waals surface area contributed by atoms with Crippen molar-refractivity contribution in [3.05, 3.63) is 194 Å². The third kappa shape index (κ3) is 5.10. The predicted octanol–water partition coefficient (Wildman–Crippen LogP) is 13.3. The van der Waals surface area contributed by atoms with E-state index in [2.05, 4.69) is 199 Å². The van der Waals surface area contributed by atoms with Crippen LogP contribution >= 0.6 is 0 Å². The van der Waals surface area contributed by atoms with Crippen LogP contribution in [0, 0.1) is 0 Å². The number of nitrogens with zero attached hydrogens (tertiary/aromatic N) is 2. The molecule has 0 bridgehead atoms. The van der Waals surface area contributed by atoms with Crippen molar-refractivity contribution in [2.24, 2.45) is 0 Å². The number of para-hydroxylation sites is 3. The van der Waals surface area contributed by atoms with Gasteiger partial charge < -0.3 is 8.98 Å². The lowest BCUT2D eigenvalue weighted by molar-refractivity contribution is 0.619. The quantitative estimate of drug-likeness (QED) is 0.177. The van der Waals surface area contributed by atoms with Crippen LogP contribution < -0.4 is 0 Å². The van der Waals surface area contributed by atoms with Crippen LogP contribution in [0.3, 0.4) is 0 Å². The molecule has 0 aliphatic carbocycles. The van der Waals surface area contributed by atoms with E-state index in [-0.39, 0.29) is 0 Å². The molecule has 2 aromatic heterocycles. The molecular formula is C49H32N2O. The molecule has 0 radical (unpaired) electrons. The van der Waals surface area contributed by atoms with Crippen molar-refractivity contribution in [3.8, 4) is 61.6 Å². The highest BCUT2D eigenvalue weighted by Crippen LogP contribution is 2.41. The second-order valence-electron chi connectivity index (χ2n) is 13.2. The van der Waals surface area contributed by atoms with E-state index < -0.39 is 0 Å². The van der Waals surface area contributed by atoms with Crippen LogP contribution in [0.15, 0.2) is 199 Å². The Labute approximate surface area is 301 Å². The maximum atomic E-state index is 6.85. The van der Waals surface area contributed by atoms with E-state index in [9.17, 15) is 0 Å². The number of benzene rings is 8. The van der Waals surface area contributed by atoms with Gasteiger partial charge in [0.05, 0.1) is 22.3 Å². The molecule has 0 saturated carbocycles. The minimum Gasteiger partial charge on any atom is -0.436 e. The minimum atomic E-state index is 0.586. The van der Waals surface area contributed by atoms with Crippen molar-refractivity contribution in [2.75, 3.05) is 0 Å². The van der Waals surface area contributed by atoms with Gasteiger partial charge in [-0.05, 0) is 87.5 Å². The predicted molar refractivity (Wildman–Crippen MR) is 216 cm³/mol. The SMILES string of the molecule is c1ccc(-c2cccc(-c3cc(-c4cccc(-c5ccccc5)c4)c4nc(-c5ccccc5-n5c6ccccc6c6ccccc65)oc4c3)c2)cc1. The molecule has 10 rings (SSSR count). The van der Waals surface area contributed by atoms with Crippen LogP contribution in [-0.4, -0.2) is 9.55 Å². The lowest BCUT2D eigenvalue weighted by Crippen LogP contribution is -1.97. The highest BCUT2D eigenvalue weighted by atomic mass is 16.3. The normalized spacial score (nSPS) is 11.5. The molecule has 8 aromatic carbocycles. The van der Waals surface area contributed by atoms with E-state index in [1.807, 2.05) is 0 Å². The summed E-state index contributed by atoms with van der Waals surface area (Å²) in [4.78, 5) is 5.31. The number of aromatic nitrogens is 2. The minimum absolute atomic E-state index is 0.586. The number of hydrogen-bond donors (Lipinski definition) is 0. The number of rotatable bonds is 6. The van der Waals surface area contributed by atoms with Crippen LogP contribution in [0.4, 0.5) is 0 Å². The second-order valence-corrected chi connectivity index (χ2v) is 13.2. The zero-order valence-corrected chi connectivity index (χ0v) is 28.3. The molecule has 3 nitrogen and oxygen atoms in total. The monoisotopic (exact) mass is 664 g/mol. The molecule has 2 heterocycles. The smallest absolute Gasteiger partial charge is 0.229 e. The fourth-order valence-electron chi connectivity index (χ4n) is 7.57. The first-order valence-corrected chi connectivity index (χ1v) is 17.6. The third-order valence-electron chi connectivity index (χ3n) is 10.0. The van der Waals surface area contributed by atoms with Gasteiger partial charge in [0.1, 0.15) is 5.52 Å². The van der Waals surface area contributed by atoms with Crippen molar-refractivity contribution < 1.29 is 4.42 Å². The summed E-state index contributed by atoms with van der Waals surface area (Å²) in [7, 11) is 0. The summed E-state index contributed by atoms with van der Waals surface area (Å²) in [5.41, 5.74) is 14.8. The van der Waals surface area contributed by atoms with Gasteiger partial charge in [-0.1, -0.05) is 146 Å². The molecule has 0 N–H and O–H groups in total. The molecule has 0 saturated heterocycles. The number of oxazole rings is 1. The van der Waals surface area contributed by atoms with E-state index in [0.29, 0.717) is 5.89 Å². The van der Waals surface area contributed by atoms with Gasteiger partial charge in [0.25, 0.3) is 0 Å². The fourth-order valence-corrected chi connectivity index (χ4v) is 7.57. The van der Waals surface area contributed by atoms with Gasteiger partial charge in [0, 0.05) is 16.3 Å². The van der Waals surface area contributed by atoms with E-state index in [1.54, 1.807) is 0 Å². The molecule has 0 aliphatic rings. The Morgan fingerprint density at radius 1 is 0.365 bits per heavy atom. The average Bonchev–Trinajstić information content (AvgIpc) is 3.81.